The van der Waals surface area contributed by atoms with E-state index >= 15 is 0 Å². The largest absolute Gasteiger partial charge is 0.482 e. The molecule has 1 amide bonds. The Morgan fingerprint density at radius 2 is 1.96 bits per heavy atom. The number of hydrogen-bond acceptors (Lipinski definition) is 6. The van der Waals surface area contributed by atoms with Crippen LogP contribution < -0.4 is 14.8 Å². The molecule has 136 valence electrons. The average Bonchev–Trinajstić information content (AvgIpc) is 2.61. The van der Waals surface area contributed by atoms with Gasteiger partial charge in [-0.1, -0.05) is 0 Å². The minimum Gasteiger partial charge on any atom is -0.482 e. The van der Waals surface area contributed by atoms with Gasteiger partial charge in [0.1, 0.15) is 5.75 Å². The van der Waals surface area contributed by atoms with Crippen molar-refractivity contribution in [1.82, 2.24) is 0 Å². The summed E-state index contributed by atoms with van der Waals surface area (Å²) in [6.45, 7) is 1.85. The number of amides is 1. The lowest BCUT2D eigenvalue weighted by molar-refractivity contribution is -0.118. The fourth-order valence-corrected chi connectivity index (χ4v) is 3.42. The molecule has 0 atom stereocenters. The highest BCUT2D eigenvalue weighted by Crippen LogP contribution is 2.30. The summed E-state index contributed by atoms with van der Waals surface area (Å²) in [5.74, 6) is -0.427. The molecule has 2 N–H and O–H groups in total. The second kappa shape index (κ2) is 7.04. The van der Waals surface area contributed by atoms with Crippen molar-refractivity contribution in [1.29, 1.82) is 0 Å². The van der Waals surface area contributed by atoms with Crippen molar-refractivity contribution in [3.8, 4) is 5.75 Å². The Balaban J connectivity index is 1.80. The molecule has 1 aliphatic rings. The molecule has 0 unspecified atom stereocenters. The molecule has 8 nitrogen and oxygen atoms in total. The van der Waals surface area contributed by atoms with E-state index < -0.39 is 16.0 Å². The Hall–Kier alpha value is -3.07. The van der Waals surface area contributed by atoms with E-state index in [1.54, 1.807) is 6.92 Å². The lowest BCUT2D eigenvalue weighted by atomic mass is 10.2. The van der Waals surface area contributed by atoms with Gasteiger partial charge in [0.2, 0.25) is 0 Å². The summed E-state index contributed by atoms with van der Waals surface area (Å²) in [5.41, 5.74) is 0.904. The van der Waals surface area contributed by atoms with Crippen LogP contribution in [0.1, 0.15) is 17.3 Å². The molecular formula is C17H16N2O6S. The number of anilines is 2. The van der Waals surface area contributed by atoms with E-state index in [0.717, 1.165) is 0 Å². The third-order valence-corrected chi connectivity index (χ3v) is 4.92. The van der Waals surface area contributed by atoms with Crippen LogP contribution in [-0.2, 0) is 19.6 Å². The topological polar surface area (TPSA) is 111 Å². The summed E-state index contributed by atoms with van der Waals surface area (Å²) in [5, 5.41) is 2.56. The van der Waals surface area contributed by atoms with Crippen LogP contribution in [0.4, 0.5) is 11.4 Å². The highest BCUT2D eigenvalue weighted by atomic mass is 32.2. The van der Waals surface area contributed by atoms with E-state index in [-0.39, 0.29) is 29.7 Å². The Labute approximate surface area is 150 Å². The van der Waals surface area contributed by atoms with Crippen LogP contribution in [0.5, 0.6) is 5.75 Å². The van der Waals surface area contributed by atoms with Crippen LogP contribution in [0.2, 0.25) is 0 Å². The number of carbonyl (C=O) groups excluding carboxylic acids is 2. The molecule has 2 aromatic rings. The van der Waals surface area contributed by atoms with Crippen LogP contribution in [0.25, 0.3) is 0 Å². The molecule has 0 fully saturated rings. The van der Waals surface area contributed by atoms with Crippen molar-refractivity contribution < 1.29 is 27.5 Å². The molecule has 1 aliphatic heterocycles. The van der Waals surface area contributed by atoms with Gasteiger partial charge in [-0.3, -0.25) is 9.52 Å². The number of benzene rings is 2. The van der Waals surface area contributed by atoms with Crippen molar-refractivity contribution >= 4 is 33.3 Å². The molecule has 9 heteroatoms. The highest BCUT2D eigenvalue weighted by molar-refractivity contribution is 7.92. The van der Waals surface area contributed by atoms with E-state index in [1.165, 1.54) is 42.5 Å². The molecule has 0 spiro atoms. The van der Waals surface area contributed by atoms with E-state index in [0.29, 0.717) is 17.0 Å². The molecule has 0 aromatic heterocycles. The predicted octanol–water partition coefficient (Wildman–Crippen LogP) is 1.99. The molecule has 3 rings (SSSR count). The Bertz CT molecular complexity index is 954. The van der Waals surface area contributed by atoms with Crippen LogP contribution in [0, 0.1) is 0 Å². The molecule has 0 saturated carbocycles. The molecular weight excluding hydrogens is 360 g/mol. The lowest BCUT2D eigenvalue weighted by Gasteiger charge is -2.18. The quantitative estimate of drug-likeness (QED) is 0.772. The van der Waals surface area contributed by atoms with Gasteiger partial charge < -0.3 is 14.8 Å². The Morgan fingerprint density at radius 3 is 2.65 bits per heavy atom. The molecule has 0 bridgehead atoms. The predicted molar refractivity (Wildman–Crippen MR) is 93.8 cm³/mol. The van der Waals surface area contributed by atoms with Gasteiger partial charge in [-0.15, -0.1) is 0 Å². The first kappa shape index (κ1) is 17.7. The second-order valence-electron chi connectivity index (χ2n) is 5.40. The number of rotatable bonds is 5. The third-order valence-electron chi connectivity index (χ3n) is 3.54. The summed E-state index contributed by atoms with van der Waals surface area (Å²) >= 11 is 0. The number of sulfonamides is 1. The van der Waals surface area contributed by atoms with E-state index in [9.17, 15) is 18.0 Å². The molecule has 0 radical (unpaired) electrons. The van der Waals surface area contributed by atoms with Gasteiger partial charge in [0.25, 0.3) is 15.9 Å². The SMILES string of the molecule is CCOC(=O)c1ccc(NS(=O)(=O)c2ccc3c(c2)NC(=O)CO3)cc1. The van der Waals surface area contributed by atoms with Crippen LogP contribution >= 0.6 is 0 Å². The van der Waals surface area contributed by atoms with Crippen LogP contribution in [0.15, 0.2) is 47.4 Å². The fraction of sp³-hybridized carbons (Fsp3) is 0.176. The molecule has 26 heavy (non-hydrogen) atoms. The second-order valence-corrected chi connectivity index (χ2v) is 7.08. The smallest absolute Gasteiger partial charge is 0.338 e. The van der Waals surface area contributed by atoms with Crippen molar-refractivity contribution in [2.45, 2.75) is 11.8 Å². The van der Waals surface area contributed by atoms with Gasteiger partial charge in [0.05, 0.1) is 22.8 Å². The lowest BCUT2D eigenvalue weighted by Crippen LogP contribution is -2.25. The number of esters is 1. The summed E-state index contributed by atoms with van der Waals surface area (Å²) < 4.78 is 37.6. The Kier molecular flexibility index (Phi) is 4.81. The number of ether oxygens (including phenoxy) is 2. The summed E-state index contributed by atoms with van der Waals surface area (Å²) in [6.07, 6.45) is 0. The Morgan fingerprint density at radius 1 is 1.23 bits per heavy atom. The summed E-state index contributed by atoms with van der Waals surface area (Å²) in [7, 11) is -3.88. The normalized spacial score (nSPS) is 13.2. The first-order chi connectivity index (χ1) is 12.4. The fourth-order valence-electron chi connectivity index (χ4n) is 2.33. The summed E-state index contributed by atoms with van der Waals surface area (Å²) in [4.78, 5) is 23.0. The minimum atomic E-state index is -3.88. The van der Waals surface area contributed by atoms with E-state index in [1.807, 2.05) is 0 Å². The van der Waals surface area contributed by atoms with Crippen LogP contribution in [0.3, 0.4) is 0 Å². The zero-order valence-corrected chi connectivity index (χ0v) is 14.6. The number of nitrogens with one attached hydrogen (secondary N) is 2. The van der Waals surface area contributed by atoms with Gasteiger partial charge >= 0.3 is 5.97 Å². The zero-order valence-electron chi connectivity index (χ0n) is 13.8. The number of carbonyl (C=O) groups is 2. The van der Waals surface area contributed by atoms with Crippen molar-refractivity contribution in [3.05, 3.63) is 48.0 Å². The monoisotopic (exact) mass is 376 g/mol. The minimum absolute atomic E-state index is 0.0310. The van der Waals surface area contributed by atoms with Gasteiger partial charge in [0, 0.05) is 5.69 Å². The average molecular weight is 376 g/mol. The molecule has 0 saturated heterocycles. The van der Waals surface area contributed by atoms with E-state index in [4.69, 9.17) is 9.47 Å². The van der Waals surface area contributed by atoms with Gasteiger partial charge in [-0.05, 0) is 49.4 Å². The van der Waals surface area contributed by atoms with Crippen LogP contribution in [-0.4, -0.2) is 33.5 Å². The van der Waals surface area contributed by atoms with Gasteiger partial charge in [-0.2, -0.15) is 0 Å². The standard InChI is InChI=1S/C17H16N2O6S/c1-2-24-17(21)11-3-5-12(6-4-11)19-26(22,23)13-7-8-15-14(9-13)18-16(20)10-25-15/h3-9,19H,2,10H2,1H3,(H,18,20). The maximum atomic E-state index is 12.5. The van der Waals surface area contributed by atoms with Crippen molar-refractivity contribution in [3.63, 3.8) is 0 Å². The first-order valence-corrected chi connectivity index (χ1v) is 9.24. The van der Waals surface area contributed by atoms with Crippen molar-refractivity contribution in [2.75, 3.05) is 23.3 Å². The number of fused-ring (bicyclic) bond motifs is 1. The summed E-state index contributed by atoms with van der Waals surface area (Å²) in [6, 6.07) is 10.0. The molecule has 1 heterocycles. The molecule has 2 aromatic carbocycles. The van der Waals surface area contributed by atoms with Gasteiger partial charge in [-0.25, -0.2) is 13.2 Å². The van der Waals surface area contributed by atoms with Crippen molar-refractivity contribution in [2.24, 2.45) is 0 Å². The highest BCUT2D eigenvalue weighted by Gasteiger charge is 2.21. The van der Waals surface area contributed by atoms with E-state index in [2.05, 4.69) is 10.0 Å². The maximum Gasteiger partial charge on any atom is 0.338 e. The maximum absolute atomic E-state index is 12.5. The number of hydrogen-bond donors (Lipinski definition) is 2. The van der Waals surface area contributed by atoms with Gasteiger partial charge in [0.15, 0.2) is 6.61 Å². The molecule has 0 aliphatic carbocycles. The first-order valence-electron chi connectivity index (χ1n) is 7.76. The zero-order chi connectivity index (χ0) is 18.7. The third kappa shape index (κ3) is 3.77.